The molecule has 0 N–H and O–H groups in total. The molecule has 1 fully saturated rings. The standard InChI is InChI=1S/C13H25BrO2S/c1-3-5-12(14)9-8-11-6-4-7-13(10-11)17(2,15)16/h11-13H,3-10H2,1-2H3. The van der Waals surface area contributed by atoms with E-state index in [1.165, 1.54) is 38.4 Å². The third kappa shape index (κ3) is 5.73. The topological polar surface area (TPSA) is 34.1 Å². The van der Waals surface area contributed by atoms with Crippen molar-refractivity contribution in [3.8, 4) is 0 Å². The van der Waals surface area contributed by atoms with E-state index >= 15 is 0 Å². The van der Waals surface area contributed by atoms with Gasteiger partial charge >= 0.3 is 0 Å². The van der Waals surface area contributed by atoms with Crippen molar-refractivity contribution in [2.24, 2.45) is 5.92 Å². The minimum Gasteiger partial charge on any atom is -0.229 e. The lowest BCUT2D eigenvalue weighted by molar-refractivity contribution is 0.330. The van der Waals surface area contributed by atoms with Gasteiger partial charge in [-0.1, -0.05) is 42.1 Å². The molecule has 0 spiro atoms. The zero-order valence-electron chi connectivity index (χ0n) is 11.0. The highest BCUT2D eigenvalue weighted by Crippen LogP contribution is 2.32. The van der Waals surface area contributed by atoms with Crippen LogP contribution in [0.3, 0.4) is 0 Å². The Kier molecular flexibility index (Phi) is 6.49. The van der Waals surface area contributed by atoms with Crippen LogP contribution >= 0.6 is 15.9 Å². The fraction of sp³-hybridized carbons (Fsp3) is 1.00. The van der Waals surface area contributed by atoms with Crippen LogP contribution < -0.4 is 0 Å². The third-order valence-corrected chi connectivity index (χ3v) is 6.39. The van der Waals surface area contributed by atoms with E-state index in [0.717, 1.165) is 19.3 Å². The summed E-state index contributed by atoms with van der Waals surface area (Å²) in [4.78, 5) is 0.617. The average Bonchev–Trinajstić information content (AvgIpc) is 2.26. The molecule has 1 rings (SSSR count). The molecule has 17 heavy (non-hydrogen) atoms. The lowest BCUT2D eigenvalue weighted by Gasteiger charge is -2.28. The fourth-order valence-corrected chi connectivity index (χ4v) is 4.71. The lowest BCUT2D eigenvalue weighted by Crippen LogP contribution is -2.27. The number of alkyl halides is 1. The molecule has 0 aliphatic heterocycles. The highest BCUT2D eigenvalue weighted by atomic mass is 79.9. The number of hydrogen-bond donors (Lipinski definition) is 0. The van der Waals surface area contributed by atoms with Crippen molar-refractivity contribution in [3.05, 3.63) is 0 Å². The Bertz CT molecular complexity index is 313. The zero-order valence-corrected chi connectivity index (χ0v) is 13.4. The molecule has 0 saturated heterocycles. The second-order valence-corrected chi connectivity index (χ2v) is 9.07. The Labute approximate surface area is 115 Å². The predicted octanol–water partition coefficient (Wildman–Crippen LogP) is 3.93. The van der Waals surface area contributed by atoms with Crippen LogP contribution in [0.2, 0.25) is 0 Å². The maximum absolute atomic E-state index is 11.6. The Balaban J connectivity index is 2.35. The number of halogens is 1. The SMILES string of the molecule is CCCC(Br)CCC1CCCC(S(C)(=O)=O)C1. The molecule has 0 aromatic rings. The molecule has 0 bridgehead atoms. The minimum atomic E-state index is -2.82. The molecule has 2 nitrogen and oxygen atoms in total. The summed E-state index contributed by atoms with van der Waals surface area (Å²) in [5.41, 5.74) is 0. The maximum Gasteiger partial charge on any atom is 0.150 e. The Hall–Kier alpha value is 0.430. The summed E-state index contributed by atoms with van der Waals surface area (Å²) < 4.78 is 23.1. The highest BCUT2D eigenvalue weighted by Gasteiger charge is 2.28. The summed E-state index contributed by atoms with van der Waals surface area (Å²) >= 11 is 3.70. The molecular formula is C13H25BrO2S. The first-order chi connectivity index (χ1) is 7.93. The van der Waals surface area contributed by atoms with Gasteiger partial charge in [-0.3, -0.25) is 0 Å². The summed E-state index contributed by atoms with van der Waals surface area (Å²) in [6.07, 6.45) is 10.3. The maximum atomic E-state index is 11.6. The molecule has 0 amide bonds. The van der Waals surface area contributed by atoms with E-state index in [1.54, 1.807) is 0 Å². The average molecular weight is 325 g/mol. The quantitative estimate of drug-likeness (QED) is 0.693. The molecule has 3 unspecified atom stereocenters. The molecule has 0 aromatic heterocycles. The van der Waals surface area contributed by atoms with Gasteiger partial charge in [0.25, 0.3) is 0 Å². The minimum absolute atomic E-state index is 0.0683. The van der Waals surface area contributed by atoms with Crippen molar-refractivity contribution >= 4 is 25.8 Å². The van der Waals surface area contributed by atoms with Gasteiger partial charge in [0.1, 0.15) is 9.84 Å². The zero-order chi connectivity index (χ0) is 12.9. The summed E-state index contributed by atoms with van der Waals surface area (Å²) in [5.74, 6) is 0.625. The van der Waals surface area contributed by atoms with Crippen LogP contribution in [0, 0.1) is 5.92 Å². The van der Waals surface area contributed by atoms with Gasteiger partial charge in [0.15, 0.2) is 0 Å². The highest BCUT2D eigenvalue weighted by molar-refractivity contribution is 9.09. The number of hydrogen-bond acceptors (Lipinski definition) is 2. The molecule has 3 atom stereocenters. The molecule has 0 radical (unpaired) electrons. The monoisotopic (exact) mass is 324 g/mol. The smallest absolute Gasteiger partial charge is 0.150 e. The van der Waals surface area contributed by atoms with Gasteiger partial charge in [0.05, 0.1) is 5.25 Å². The van der Waals surface area contributed by atoms with Crippen LogP contribution in [0.1, 0.15) is 58.3 Å². The van der Waals surface area contributed by atoms with Gasteiger partial charge < -0.3 is 0 Å². The van der Waals surface area contributed by atoms with Gasteiger partial charge in [-0.25, -0.2) is 8.42 Å². The Morgan fingerprint density at radius 3 is 2.59 bits per heavy atom. The van der Waals surface area contributed by atoms with E-state index < -0.39 is 9.84 Å². The van der Waals surface area contributed by atoms with Crippen molar-refractivity contribution in [3.63, 3.8) is 0 Å². The third-order valence-electron chi connectivity index (χ3n) is 3.83. The largest absolute Gasteiger partial charge is 0.229 e. The molecule has 0 aromatic carbocycles. The van der Waals surface area contributed by atoms with E-state index in [-0.39, 0.29) is 5.25 Å². The number of sulfone groups is 1. The normalized spacial score (nSPS) is 27.9. The van der Waals surface area contributed by atoms with Crippen LogP contribution in [0.5, 0.6) is 0 Å². The summed E-state index contributed by atoms with van der Waals surface area (Å²) in [6.45, 7) is 2.20. The fourth-order valence-electron chi connectivity index (χ4n) is 2.77. The van der Waals surface area contributed by atoms with Crippen LogP contribution in [0.25, 0.3) is 0 Å². The molecule has 0 heterocycles. The summed E-state index contributed by atoms with van der Waals surface area (Å²) in [6, 6.07) is 0. The predicted molar refractivity (Wildman–Crippen MR) is 77.4 cm³/mol. The van der Waals surface area contributed by atoms with Crippen LogP contribution in [-0.2, 0) is 9.84 Å². The first-order valence-corrected chi connectivity index (χ1v) is 9.63. The van der Waals surface area contributed by atoms with Crippen molar-refractivity contribution in [1.29, 1.82) is 0 Å². The van der Waals surface area contributed by atoms with Crippen LogP contribution in [0.15, 0.2) is 0 Å². The van der Waals surface area contributed by atoms with Gasteiger partial charge in [-0.2, -0.15) is 0 Å². The van der Waals surface area contributed by atoms with E-state index in [0.29, 0.717) is 10.7 Å². The van der Waals surface area contributed by atoms with Gasteiger partial charge in [0, 0.05) is 11.1 Å². The molecule has 1 aliphatic carbocycles. The van der Waals surface area contributed by atoms with Gasteiger partial charge in [0.2, 0.25) is 0 Å². The van der Waals surface area contributed by atoms with Crippen LogP contribution in [-0.4, -0.2) is 24.8 Å². The summed E-state index contributed by atoms with van der Waals surface area (Å²) in [7, 11) is -2.82. The van der Waals surface area contributed by atoms with Gasteiger partial charge in [-0.05, 0) is 38.0 Å². The number of rotatable bonds is 6. The molecular weight excluding hydrogens is 300 g/mol. The second-order valence-electron chi connectivity index (χ2n) is 5.45. The molecule has 1 aliphatic rings. The first kappa shape index (κ1) is 15.5. The van der Waals surface area contributed by atoms with Crippen molar-refractivity contribution in [1.82, 2.24) is 0 Å². The lowest BCUT2D eigenvalue weighted by atomic mass is 9.85. The van der Waals surface area contributed by atoms with E-state index in [4.69, 9.17) is 0 Å². The molecule has 4 heteroatoms. The van der Waals surface area contributed by atoms with Crippen molar-refractivity contribution in [2.75, 3.05) is 6.26 Å². The van der Waals surface area contributed by atoms with E-state index in [2.05, 4.69) is 22.9 Å². The van der Waals surface area contributed by atoms with Gasteiger partial charge in [-0.15, -0.1) is 0 Å². The van der Waals surface area contributed by atoms with E-state index in [1.807, 2.05) is 0 Å². The van der Waals surface area contributed by atoms with E-state index in [9.17, 15) is 8.42 Å². The Morgan fingerprint density at radius 1 is 1.29 bits per heavy atom. The first-order valence-electron chi connectivity index (χ1n) is 6.76. The second kappa shape index (κ2) is 7.13. The Morgan fingerprint density at radius 2 is 2.00 bits per heavy atom. The van der Waals surface area contributed by atoms with Crippen molar-refractivity contribution in [2.45, 2.75) is 68.4 Å². The molecule has 1 saturated carbocycles. The molecule has 102 valence electrons. The summed E-state index contributed by atoms with van der Waals surface area (Å²) in [5, 5.41) is -0.0683. The van der Waals surface area contributed by atoms with Crippen molar-refractivity contribution < 1.29 is 8.42 Å². The van der Waals surface area contributed by atoms with Crippen LogP contribution in [0.4, 0.5) is 0 Å².